The number of amides is 1. The van der Waals surface area contributed by atoms with Gasteiger partial charge in [0.1, 0.15) is 0 Å². The number of hydrogen-bond donors (Lipinski definition) is 1. The molecule has 4 aromatic carbocycles. The molecule has 0 fully saturated rings. The zero-order chi connectivity index (χ0) is 25.7. The molecule has 0 unspecified atom stereocenters. The third-order valence-corrected chi connectivity index (χ3v) is 7.31. The quantitative estimate of drug-likeness (QED) is 0.334. The predicted octanol–water partition coefficient (Wildman–Crippen LogP) is 5.79. The van der Waals surface area contributed by atoms with Gasteiger partial charge in [0.2, 0.25) is 10.0 Å². The van der Waals surface area contributed by atoms with Crippen LogP contribution in [0.15, 0.2) is 103 Å². The number of hydrogen-bond acceptors (Lipinski definition) is 3. The van der Waals surface area contributed by atoms with Gasteiger partial charge in [0.05, 0.1) is 24.5 Å². The molecule has 0 aliphatic heterocycles. The molecule has 0 aromatic heterocycles. The Hall–Kier alpha value is -3.90. The smallest absolute Gasteiger partial charge is 0.252 e. The molecule has 0 aliphatic rings. The highest BCUT2D eigenvalue weighted by Crippen LogP contribution is 2.26. The maximum atomic E-state index is 13.3. The number of nitrogens with zero attached hydrogens (tertiary/aromatic N) is 1. The Bertz CT molecular complexity index is 1430. The molecule has 0 spiro atoms. The van der Waals surface area contributed by atoms with Crippen molar-refractivity contribution in [3.63, 3.8) is 0 Å². The van der Waals surface area contributed by atoms with Gasteiger partial charge in [0.25, 0.3) is 5.91 Å². The molecular weight excluding hydrogens is 468 g/mol. The van der Waals surface area contributed by atoms with Gasteiger partial charge < -0.3 is 5.32 Å². The number of aryl methyl sites for hydroxylation is 2. The second kappa shape index (κ2) is 10.8. The number of rotatable bonds is 8. The number of carbonyl (C=O) groups excluding carboxylic acids is 1. The van der Waals surface area contributed by atoms with Gasteiger partial charge >= 0.3 is 0 Å². The van der Waals surface area contributed by atoms with Gasteiger partial charge in [-0.05, 0) is 60.4 Å². The van der Waals surface area contributed by atoms with Crippen LogP contribution in [0.1, 0.15) is 44.2 Å². The molecule has 1 amide bonds. The molecular formula is C30H30N2O3S. The summed E-state index contributed by atoms with van der Waals surface area (Å²) < 4.78 is 26.5. The van der Waals surface area contributed by atoms with E-state index in [1.807, 2.05) is 92.7 Å². The highest BCUT2D eigenvalue weighted by Gasteiger charge is 2.21. The van der Waals surface area contributed by atoms with E-state index in [-0.39, 0.29) is 18.5 Å². The molecule has 5 nitrogen and oxygen atoms in total. The number of anilines is 1. The molecule has 4 rings (SSSR count). The highest BCUT2D eigenvalue weighted by atomic mass is 32.2. The van der Waals surface area contributed by atoms with Crippen molar-refractivity contribution in [3.8, 4) is 0 Å². The summed E-state index contributed by atoms with van der Waals surface area (Å²) in [5.74, 6) is -0.233. The van der Waals surface area contributed by atoms with Crippen LogP contribution in [0.5, 0.6) is 0 Å². The first-order valence-corrected chi connectivity index (χ1v) is 13.6. The van der Waals surface area contributed by atoms with Crippen LogP contribution in [0.4, 0.5) is 5.69 Å². The van der Waals surface area contributed by atoms with Crippen LogP contribution in [0.3, 0.4) is 0 Å². The van der Waals surface area contributed by atoms with Crippen molar-refractivity contribution in [1.29, 1.82) is 0 Å². The van der Waals surface area contributed by atoms with Crippen molar-refractivity contribution >= 4 is 21.6 Å². The van der Waals surface area contributed by atoms with Gasteiger partial charge in [-0.2, -0.15) is 0 Å². The molecule has 184 valence electrons. The van der Waals surface area contributed by atoms with E-state index in [0.717, 1.165) is 27.8 Å². The van der Waals surface area contributed by atoms with Gasteiger partial charge in [-0.1, -0.05) is 84.4 Å². The molecule has 4 aromatic rings. The summed E-state index contributed by atoms with van der Waals surface area (Å²) in [7, 11) is -3.52. The Morgan fingerprint density at radius 1 is 0.806 bits per heavy atom. The van der Waals surface area contributed by atoms with Crippen LogP contribution < -0.4 is 9.62 Å². The van der Waals surface area contributed by atoms with E-state index in [9.17, 15) is 13.2 Å². The fourth-order valence-corrected chi connectivity index (χ4v) is 5.04. The molecule has 0 heterocycles. The number of nitrogens with one attached hydrogen (secondary N) is 1. The molecule has 36 heavy (non-hydrogen) atoms. The Labute approximate surface area is 213 Å². The number of carbonyl (C=O) groups is 1. The van der Waals surface area contributed by atoms with Crippen LogP contribution in [0, 0.1) is 13.8 Å². The Morgan fingerprint density at radius 2 is 1.42 bits per heavy atom. The second-order valence-electron chi connectivity index (χ2n) is 8.98. The molecule has 0 bridgehead atoms. The van der Waals surface area contributed by atoms with Crippen molar-refractivity contribution in [3.05, 3.63) is 137 Å². The van der Waals surface area contributed by atoms with Gasteiger partial charge in [-0.15, -0.1) is 0 Å². The standard InChI is InChI=1S/C30H30N2O3S/c1-22-13-15-24(16-14-22)21-32(36(3,34)35)27-19-17-26(18-20-27)30(33)31-29(25-10-5-4-6-11-25)28-12-8-7-9-23(28)2/h4-20,29H,21H2,1-3H3,(H,31,33)/t29-/m1/s1. The number of sulfonamides is 1. The third kappa shape index (κ3) is 6.01. The minimum atomic E-state index is -3.52. The van der Waals surface area contributed by atoms with Gasteiger partial charge in [-0.3, -0.25) is 9.10 Å². The predicted molar refractivity (Wildman–Crippen MR) is 146 cm³/mol. The fourth-order valence-electron chi connectivity index (χ4n) is 4.15. The lowest BCUT2D eigenvalue weighted by molar-refractivity contribution is 0.0943. The summed E-state index contributed by atoms with van der Waals surface area (Å²) in [5, 5.41) is 3.16. The van der Waals surface area contributed by atoms with E-state index in [2.05, 4.69) is 5.32 Å². The van der Waals surface area contributed by atoms with Crippen molar-refractivity contribution in [2.45, 2.75) is 26.4 Å². The summed E-state index contributed by atoms with van der Waals surface area (Å²) in [6.07, 6.45) is 1.19. The first kappa shape index (κ1) is 25.2. The molecule has 1 N–H and O–H groups in total. The zero-order valence-electron chi connectivity index (χ0n) is 20.7. The van der Waals surface area contributed by atoms with Crippen LogP contribution in [-0.4, -0.2) is 20.6 Å². The molecule has 0 saturated carbocycles. The lowest BCUT2D eigenvalue weighted by Gasteiger charge is -2.24. The summed E-state index contributed by atoms with van der Waals surface area (Å²) in [6, 6.07) is 32.0. The van der Waals surface area contributed by atoms with Gasteiger partial charge in [-0.25, -0.2) is 8.42 Å². The Kier molecular flexibility index (Phi) is 7.55. The van der Waals surface area contributed by atoms with E-state index in [0.29, 0.717) is 11.3 Å². The average molecular weight is 499 g/mol. The summed E-state index contributed by atoms with van der Waals surface area (Å²) >= 11 is 0. The minimum Gasteiger partial charge on any atom is -0.341 e. The van der Waals surface area contributed by atoms with Crippen molar-refractivity contribution < 1.29 is 13.2 Å². The van der Waals surface area contributed by atoms with Gasteiger partial charge in [0.15, 0.2) is 0 Å². The lowest BCUT2D eigenvalue weighted by atomic mass is 9.94. The fraction of sp³-hybridized carbons (Fsp3) is 0.167. The van der Waals surface area contributed by atoms with Crippen LogP contribution >= 0.6 is 0 Å². The van der Waals surface area contributed by atoms with Crippen molar-refractivity contribution in [2.24, 2.45) is 0 Å². The van der Waals surface area contributed by atoms with E-state index >= 15 is 0 Å². The van der Waals surface area contributed by atoms with Crippen LogP contribution in [0.25, 0.3) is 0 Å². The van der Waals surface area contributed by atoms with E-state index < -0.39 is 10.0 Å². The molecule has 6 heteroatoms. The monoisotopic (exact) mass is 498 g/mol. The summed E-state index contributed by atoms with van der Waals surface area (Å²) in [6.45, 7) is 4.23. The maximum Gasteiger partial charge on any atom is 0.252 e. The normalized spacial score (nSPS) is 12.1. The first-order valence-electron chi connectivity index (χ1n) is 11.8. The molecule has 0 radical (unpaired) electrons. The van der Waals surface area contributed by atoms with Crippen molar-refractivity contribution in [1.82, 2.24) is 5.32 Å². The van der Waals surface area contributed by atoms with E-state index in [1.165, 1.54) is 10.6 Å². The van der Waals surface area contributed by atoms with Gasteiger partial charge in [0, 0.05) is 5.56 Å². The average Bonchev–Trinajstić information content (AvgIpc) is 2.87. The zero-order valence-corrected chi connectivity index (χ0v) is 21.5. The van der Waals surface area contributed by atoms with E-state index in [1.54, 1.807) is 24.3 Å². The molecule has 0 saturated heterocycles. The topological polar surface area (TPSA) is 66.5 Å². The lowest BCUT2D eigenvalue weighted by Crippen LogP contribution is -2.30. The molecule has 1 atom stereocenters. The highest BCUT2D eigenvalue weighted by molar-refractivity contribution is 7.92. The van der Waals surface area contributed by atoms with Crippen LogP contribution in [0.2, 0.25) is 0 Å². The largest absolute Gasteiger partial charge is 0.341 e. The SMILES string of the molecule is Cc1ccc(CN(c2ccc(C(=O)N[C@H](c3ccccc3)c3ccccc3C)cc2)S(C)(=O)=O)cc1. The third-order valence-electron chi connectivity index (χ3n) is 6.17. The Balaban J connectivity index is 1.58. The Morgan fingerprint density at radius 3 is 2.03 bits per heavy atom. The van der Waals surface area contributed by atoms with Crippen LogP contribution in [-0.2, 0) is 16.6 Å². The summed E-state index contributed by atoms with van der Waals surface area (Å²) in [5.41, 5.74) is 6.05. The minimum absolute atomic E-state index is 0.216. The van der Waals surface area contributed by atoms with Crippen molar-refractivity contribution in [2.75, 3.05) is 10.6 Å². The second-order valence-corrected chi connectivity index (χ2v) is 10.9. The summed E-state index contributed by atoms with van der Waals surface area (Å²) in [4.78, 5) is 13.3. The maximum absolute atomic E-state index is 13.3. The van der Waals surface area contributed by atoms with E-state index in [4.69, 9.17) is 0 Å². The molecule has 0 aliphatic carbocycles. The number of benzene rings is 4. The first-order chi connectivity index (χ1) is 17.2.